The Morgan fingerprint density at radius 3 is 2.42 bits per heavy atom. The highest BCUT2D eigenvalue weighted by Gasteiger charge is 2.13. The third-order valence-electron chi connectivity index (χ3n) is 3.57. The van der Waals surface area contributed by atoms with Crippen molar-refractivity contribution in [1.29, 1.82) is 0 Å². The molecule has 4 nitrogen and oxygen atoms in total. The van der Waals surface area contributed by atoms with Crippen LogP contribution in [0.3, 0.4) is 0 Å². The lowest BCUT2D eigenvalue weighted by Crippen LogP contribution is -2.37. The number of carbonyl (C=O) groups is 2. The van der Waals surface area contributed by atoms with E-state index in [2.05, 4.69) is 21.2 Å². The van der Waals surface area contributed by atoms with Crippen LogP contribution in [0.1, 0.15) is 22.8 Å². The first kappa shape index (κ1) is 18.1. The number of anilines is 1. The van der Waals surface area contributed by atoms with Crippen molar-refractivity contribution in [2.24, 2.45) is 0 Å². The van der Waals surface area contributed by atoms with Gasteiger partial charge < -0.3 is 10.2 Å². The van der Waals surface area contributed by atoms with Crippen molar-refractivity contribution in [3.05, 3.63) is 63.9 Å². The zero-order chi connectivity index (χ0) is 17.7. The first-order valence-corrected chi connectivity index (χ1v) is 8.26. The van der Waals surface area contributed by atoms with Crippen LogP contribution >= 0.6 is 15.9 Å². The van der Waals surface area contributed by atoms with Crippen LogP contribution in [0.4, 0.5) is 10.1 Å². The van der Waals surface area contributed by atoms with Crippen molar-refractivity contribution >= 4 is 33.4 Å². The minimum Gasteiger partial charge on any atom is -0.350 e. The van der Waals surface area contributed by atoms with Gasteiger partial charge in [-0.1, -0.05) is 22.0 Å². The Kier molecular flexibility index (Phi) is 6.09. The van der Waals surface area contributed by atoms with E-state index in [1.165, 1.54) is 31.2 Å². The maximum Gasteiger partial charge on any atom is 0.251 e. The highest BCUT2D eigenvalue weighted by atomic mass is 79.9. The lowest BCUT2D eigenvalue weighted by Gasteiger charge is -2.22. The molecule has 0 aliphatic rings. The van der Waals surface area contributed by atoms with Crippen LogP contribution in [0.5, 0.6) is 0 Å². The van der Waals surface area contributed by atoms with Gasteiger partial charge >= 0.3 is 0 Å². The van der Waals surface area contributed by atoms with Gasteiger partial charge in [0.15, 0.2) is 0 Å². The quantitative estimate of drug-likeness (QED) is 0.843. The molecule has 0 bridgehead atoms. The largest absolute Gasteiger partial charge is 0.350 e. The molecule has 2 aromatic carbocycles. The molecule has 0 aliphatic heterocycles. The molecule has 2 amide bonds. The molecule has 2 rings (SSSR count). The average Bonchev–Trinajstić information content (AvgIpc) is 2.54. The van der Waals surface area contributed by atoms with Gasteiger partial charge in [0.2, 0.25) is 5.91 Å². The normalized spacial score (nSPS) is 10.3. The van der Waals surface area contributed by atoms with E-state index in [0.717, 1.165) is 15.7 Å². The highest BCUT2D eigenvalue weighted by molar-refractivity contribution is 9.10. The number of rotatable bonds is 5. The number of nitrogens with one attached hydrogen (secondary N) is 1. The summed E-state index contributed by atoms with van der Waals surface area (Å²) in [6.45, 7) is 4.09. The molecule has 0 unspecified atom stereocenters. The third kappa shape index (κ3) is 4.64. The highest BCUT2D eigenvalue weighted by Crippen LogP contribution is 2.23. The van der Waals surface area contributed by atoms with Crippen LogP contribution in [-0.2, 0) is 4.79 Å². The molecule has 0 spiro atoms. The monoisotopic (exact) mass is 392 g/mol. The zero-order valence-electron chi connectivity index (χ0n) is 13.5. The summed E-state index contributed by atoms with van der Waals surface area (Å²) >= 11 is 3.45. The number of hydrogen-bond acceptors (Lipinski definition) is 2. The van der Waals surface area contributed by atoms with E-state index in [9.17, 15) is 14.0 Å². The van der Waals surface area contributed by atoms with Gasteiger partial charge in [0, 0.05) is 35.7 Å². The SMILES string of the molecule is CC(=O)N(CCNC(=O)c1ccc(F)cc1)c1ccc(C)c(Br)c1. The molecule has 0 saturated heterocycles. The number of benzene rings is 2. The Balaban J connectivity index is 1.99. The molecule has 0 saturated carbocycles. The summed E-state index contributed by atoms with van der Waals surface area (Å²) in [4.78, 5) is 25.5. The number of halogens is 2. The molecule has 0 heterocycles. The summed E-state index contributed by atoms with van der Waals surface area (Å²) in [5, 5.41) is 2.73. The molecular weight excluding hydrogens is 375 g/mol. The van der Waals surface area contributed by atoms with Crippen LogP contribution in [-0.4, -0.2) is 24.9 Å². The van der Waals surface area contributed by atoms with Crippen LogP contribution in [0, 0.1) is 12.7 Å². The van der Waals surface area contributed by atoms with Gasteiger partial charge in [0.25, 0.3) is 5.91 Å². The first-order valence-electron chi connectivity index (χ1n) is 7.46. The maximum atomic E-state index is 12.9. The Bertz CT molecular complexity index is 747. The Labute approximate surface area is 148 Å². The molecular formula is C18H18BrFN2O2. The molecule has 0 atom stereocenters. The number of carbonyl (C=O) groups excluding carboxylic acids is 2. The molecule has 0 radical (unpaired) electrons. The van der Waals surface area contributed by atoms with Crippen molar-refractivity contribution in [3.8, 4) is 0 Å². The molecule has 24 heavy (non-hydrogen) atoms. The average molecular weight is 393 g/mol. The van der Waals surface area contributed by atoms with Crippen LogP contribution in [0.25, 0.3) is 0 Å². The van der Waals surface area contributed by atoms with E-state index in [1.807, 2.05) is 25.1 Å². The minimum atomic E-state index is -0.390. The van der Waals surface area contributed by atoms with Gasteiger partial charge in [-0.05, 0) is 48.9 Å². The Hall–Kier alpha value is -2.21. The molecule has 1 N–H and O–H groups in total. The lowest BCUT2D eigenvalue weighted by atomic mass is 10.2. The summed E-state index contributed by atoms with van der Waals surface area (Å²) in [7, 11) is 0. The van der Waals surface area contributed by atoms with Crippen molar-refractivity contribution in [1.82, 2.24) is 5.32 Å². The summed E-state index contributed by atoms with van der Waals surface area (Å²) in [5.41, 5.74) is 2.21. The predicted molar refractivity (Wildman–Crippen MR) is 95.6 cm³/mol. The first-order chi connectivity index (χ1) is 11.4. The van der Waals surface area contributed by atoms with Crippen LogP contribution in [0.15, 0.2) is 46.9 Å². The van der Waals surface area contributed by atoms with Gasteiger partial charge in [-0.3, -0.25) is 9.59 Å². The smallest absolute Gasteiger partial charge is 0.251 e. The van der Waals surface area contributed by atoms with E-state index in [-0.39, 0.29) is 17.6 Å². The number of amides is 2. The summed E-state index contributed by atoms with van der Waals surface area (Å²) in [6.07, 6.45) is 0. The van der Waals surface area contributed by atoms with Gasteiger partial charge in [-0.25, -0.2) is 4.39 Å². The Morgan fingerprint density at radius 1 is 1.17 bits per heavy atom. The molecule has 0 fully saturated rings. The fourth-order valence-corrected chi connectivity index (χ4v) is 2.57. The summed E-state index contributed by atoms with van der Waals surface area (Å²) in [5.74, 6) is -0.801. The second kappa shape index (κ2) is 8.06. The molecule has 6 heteroatoms. The molecule has 126 valence electrons. The zero-order valence-corrected chi connectivity index (χ0v) is 15.1. The van der Waals surface area contributed by atoms with E-state index < -0.39 is 0 Å². The standard InChI is InChI=1S/C18H18BrFN2O2/c1-12-3-8-16(11-17(12)19)22(13(2)23)10-9-21-18(24)14-4-6-15(20)7-5-14/h3-8,11H,9-10H2,1-2H3,(H,21,24). The fraction of sp³-hybridized carbons (Fsp3) is 0.222. The van der Waals surface area contributed by atoms with E-state index in [0.29, 0.717) is 18.7 Å². The van der Waals surface area contributed by atoms with Gasteiger partial charge in [-0.15, -0.1) is 0 Å². The van der Waals surface area contributed by atoms with Gasteiger partial charge in [0.1, 0.15) is 5.82 Å². The van der Waals surface area contributed by atoms with Crippen molar-refractivity contribution < 1.29 is 14.0 Å². The summed E-state index contributed by atoms with van der Waals surface area (Å²) in [6, 6.07) is 11.0. The number of hydrogen-bond donors (Lipinski definition) is 1. The van der Waals surface area contributed by atoms with E-state index >= 15 is 0 Å². The van der Waals surface area contributed by atoms with Crippen LogP contribution in [0.2, 0.25) is 0 Å². The van der Waals surface area contributed by atoms with Gasteiger partial charge in [0.05, 0.1) is 0 Å². The molecule has 0 aliphatic carbocycles. The van der Waals surface area contributed by atoms with Crippen molar-refractivity contribution in [2.45, 2.75) is 13.8 Å². The minimum absolute atomic E-state index is 0.109. The molecule has 0 aromatic heterocycles. The van der Waals surface area contributed by atoms with Crippen LogP contribution < -0.4 is 10.2 Å². The topological polar surface area (TPSA) is 49.4 Å². The van der Waals surface area contributed by atoms with E-state index in [4.69, 9.17) is 0 Å². The Morgan fingerprint density at radius 2 is 1.83 bits per heavy atom. The lowest BCUT2D eigenvalue weighted by molar-refractivity contribution is -0.116. The maximum absolute atomic E-state index is 12.9. The second-order valence-corrected chi connectivity index (χ2v) is 6.22. The van der Waals surface area contributed by atoms with E-state index in [1.54, 1.807) is 4.90 Å². The third-order valence-corrected chi connectivity index (χ3v) is 4.43. The summed E-state index contributed by atoms with van der Waals surface area (Å²) < 4.78 is 13.8. The molecule has 2 aromatic rings. The predicted octanol–water partition coefficient (Wildman–Crippen LogP) is 3.68. The van der Waals surface area contributed by atoms with Crippen molar-refractivity contribution in [3.63, 3.8) is 0 Å². The number of nitrogens with zero attached hydrogens (tertiary/aromatic N) is 1. The van der Waals surface area contributed by atoms with Gasteiger partial charge in [-0.2, -0.15) is 0 Å². The second-order valence-electron chi connectivity index (χ2n) is 5.37. The van der Waals surface area contributed by atoms with Crippen molar-refractivity contribution in [2.75, 3.05) is 18.0 Å². The number of aryl methyl sites for hydroxylation is 1. The fourth-order valence-electron chi connectivity index (χ4n) is 2.20.